The Bertz CT molecular complexity index is 605. The fourth-order valence-electron chi connectivity index (χ4n) is 2.08. The molecule has 1 nitrogen and oxygen atoms in total. The molecule has 0 radical (unpaired) electrons. The van der Waals surface area contributed by atoms with Crippen LogP contribution < -0.4 is 5.32 Å². The number of aryl methyl sites for hydroxylation is 2. The molecule has 0 spiro atoms. The van der Waals surface area contributed by atoms with Crippen molar-refractivity contribution < 1.29 is 8.78 Å². The van der Waals surface area contributed by atoms with Crippen LogP contribution in [-0.2, 0) is 0 Å². The van der Waals surface area contributed by atoms with Gasteiger partial charge in [0, 0.05) is 10.4 Å². The lowest BCUT2D eigenvalue weighted by atomic mass is 10.0. The fraction of sp³-hybridized carbons (Fsp3) is 0.333. The van der Waals surface area contributed by atoms with Crippen LogP contribution in [0.4, 0.5) is 8.78 Å². The number of nitrogens with one attached hydrogen (secondary N) is 1. The minimum atomic E-state index is -0.378. The molecule has 2 aromatic rings. The van der Waals surface area contributed by atoms with E-state index in [9.17, 15) is 8.78 Å². The topological polar surface area (TPSA) is 12.0 Å². The number of benzene rings is 1. The Hall–Kier alpha value is -0.780. The minimum Gasteiger partial charge on any atom is -0.306 e. The zero-order valence-corrected chi connectivity index (χ0v) is 14.0. The van der Waals surface area contributed by atoms with Crippen LogP contribution in [0.3, 0.4) is 0 Å². The Morgan fingerprint density at radius 3 is 2.40 bits per heavy atom. The van der Waals surface area contributed by atoms with Gasteiger partial charge in [0.25, 0.3) is 0 Å². The summed E-state index contributed by atoms with van der Waals surface area (Å²) in [6, 6.07) is 4.22. The summed E-state index contributed by atoms with van der Waals surface area (Å²) in [4.78, 5) is 0.971. The molecule has 1 N–H and O–H groups in total. The number of hydrogen-bond acceptors (Lipinski definition) is 2. The van der Waals surface area contributed by atoms with Crippen molar-refractivity contribution in [1.29, 1.82) is 0 Å². The third-order valence-electron chi connectivity index (χ3n) is 3.16. The molecular formula is C15H16BrF2NS. The molecule has 5 heteroatoms. The molecule has 0 aliphatic rings. The molecule has 0 fully saturated rings. The smallest absolute Gasteiger partial charge is 0.128 e. The first-order valence-electron chi connectivity index (χ1n) is 6.38. The largest absolute Gasteiger partial charge is 0.306 e. The van der Waals surface area contributed by atoms with Gasteiger partial charge in [-0.05, 0) is 65.6 Å². The summed E-state index contributed by atoms with van der Waals surface area (Å²) in [5.74, 6) is -0.756. The van der Waals surface area contributed by atoms with E-state index in [4.69, 9.17) is 0 Å². The zero-order chi connectivity index (χ0) is 14.9. The summed E-state index contributed by atoms with van der Waals surface area (Å²) in [5.41, 5.74) is 1.77. The molecule has 0 aliphatic heterocycles. The highest BCUT2D eigenvalue weighted by Gasteiger charge is 2.21. The van der Waals surface area contributed by atoms with Crippen molar-refractivity contribution in [1.82, 2.24) is 5.32 Å². The van der Waals surface area contributed by atoms with Gasteiger partial charge in [-0.15, -0.1) is 11.3 Å². The van der Waals surface area contributed by atoms with Crippen LogP contribution in [0.1, 0.15) is 34.5 Å². The van der Waals surface area contributed by atoms with Crippen molar-refractivity contribution >= 4 is 27.3 Å². The first-order chi connectivity index (χ1) is 9.43. The van der Waals surface area contributed by atoms with Crippen LogP contribution in [-0.4, -0.2) is 6.54 Å². The Labute approximate surface area is 130 Å². The summed E-state index contributed by atoms with van der Waals surface area (Å²) >= 11 is 5.02. The molecular weight excluding hydrogens is 344 g/mol. The van der Waals surface area contributed by atoms with Crippen LogP contribution >= 0.6 is 27.3 Å². The average Bonchev–Trinajstić information content (AvgIpc) is 2.71. The third kappa shape index (κ3) is 3.10. The molecule has 0 amide bonds. The second kappa shape index (κ2) is 6.33. The van der Waals surface area contributed by atoms with Gasteiger partial charge in [0.2, 0.25) is 0 Å². The maximum absolute atomic E-state index is 14.2. The second-order valence-electron chi connectivity index (χ2n) is 4.72. The second-order valence-corrected chi connectivity index (χ2v) is 7.12. The van der Waals surface area contributed by atoms with E-state index in [0.717, 1.165) is 14.2 Å². The monoisotopic (exact) mass is 359 g/mol. The third-order valence-corrected chi connectivity index (χ3v) is 5.36. The molecule has 2 rings (SSSR count). The van der Waals surface area contributed by atoms with Crippen molar-refractivity contribution in [2.24, 2.45) is 0 Å². The molecule has 0 aliphatic carbocycles. The minimum absolute atomic E-state index is 0.324. The molecule has 108 valence electrons. The molecule has 0 saturated carbocycles. The first-order valence-corrected chi connectivity index (χ1v) is 7.99. The average molecular weight is 360 g/mol. The maximum atomic E-state index is 14.2. The molecule has 0 saturated heterocycles. The van der Waals surface area contributed by atoms with Gasteiger partial charge in [0.15, 0.2) is 0 Å². The number of hydrogen-bond donors (Lipinski definition) is 1. The lowest BCUT2D eigenvalue weighted by Gasteiger charge is -2.18. The molecule has 1 heterocycles. The van der Waals surface area contributed by atoms with Gasteiger partial charge in [-0.3, -0.25) is 0 Å². The zero-order valence-electron chi connectivity index (χ0n) is 11.6. The van der Waals surface area contributed by atoms with Crippen molar-refractivity contribution in [2.75, 3.05) is 6.54 Å². The van der Waals surface area contributed by atoms with Gasteiger partial charge in [-0.25, -0.2) is 8.78 Å². The van der Waals surface area contributed by atoms with E-state index in [-0.39, 0.29) is 17.7 Å². The predicted molar refractivity (Wildman–Crippen MR) is 83.4 cm³/mol. The molecule has 0 bridgehead atoms. The van der Waals surface area contributed by atoms with Gasteiger partial charge < -0.3 is 5.32 Å². The summed E-state index contributed by atoms with van der Waals surface area (Å²) in [7, 11) is 0. The van der Waals surface area contributed by atoms with Crippen LogP contribution in [0, 0.1) is 25.5 Å². The van der Waals surface area contributed by atoms with E-state index in [1.165, 1.54) is 12.1 Å². The van der Waals surface area contributed by atoms with Gasteiger partial charge >= 0.3 is 0 Å². The molecule has 1 aromatic carbocycles. The highest BCUT2D eigenvalue weighted by molar-refractivity contribution is 9.11. The Kier molecular flexibility index (Phi) is 4.94. The van der Waals surface area contributed by atoms with Gasteiger partial charge in [0.1, 0.15) is 11.6 Å². The molecule has 1 atom stereocenters. The van der Waals surface area contributed by atoms with E-state index >= 15 is 0 Å². The lowest BCUT2D eigenvalue weighted by Crippen LogP contribution is -2.22. The van der Waals surface area contributed by atoms with Gasteiger partial charge in [-0.1, -0.05) is 6.92 Å². The van der Waals surface area contributed by atoms with Gasteiger partial charge in [0.05, 0.1) is 9.83 Å². The van der Waals surface area contributed by atoms with E-state index in [0.29, 0.717) is 17.7 Å². The summed E-state index contributed by atoms with van der Waals surface area (Å²) in [5, 5.41) is 3.23. The lowest BCUT2D eigenvalue weighted by molar-refractivity contribution is 0.544. The Morgan fingerprint density at radius 1 is 1.15 bits per heavy atom. The first kappa shape index (κ1) is 15.6. The van der Waals surface area contributed by atoms with Crippen LogP contribution in [0.2, 0.25) is 0 Å². The highest BCUT2D eigenvalue weighted by Crippen LogP contribution is 2.35. The molecule has 1 unspecified atom stereocenters. The van der Waals surface area contributed by atoms with Crippen LogP contribution in [0.5, 0.6) is 0 Å². The van der Waals surface area contributed by atoms with Gasteiger partial charge in [-0.2, -0.15) is 0 Å². The summed E-state index contributed by atoms with van der Waals surface area (Å²) in [6.07, 6.45) is 0. The standard InChI is InChI=1S/C15H16BrF2NS/c1-4-19-14(13-6-9(3)15(16)20-13)10-7-11(17)8(2)5-12(10)18/h5-7,14,19H,4H2,1-3H3. The van der Waals surface area contributed by atoms with E-state index in [1.54, 1.807) is 18.3 Å². The Balaban J connectivity index is 2.50. The van der Waals surface area contributed by atoms with Crippen molar-refractivity contribution in [3.8, 4) is 0 Å². The number of halogens is 3. The number of rotatable bonds is 4. The maximum Gasteiger partial charge on any atom is 0.128 e. The SMILES string of the molecule is CCNC(c1cc(C)c(Br)s1)c1cc(F)c(C)cc1F. The van der Waals surface area contributed by atoms with Crippen LogP contribution in [0.15, 0.2) is 22.0 Å². The van der Waals surface area contributed by atoms with Crippen molar-refractivity contribution in [3.05, 3.63) is 55.2 Å². The number of thiophene rings is 1. The highest BCUT2D eigenvalue weighted by atomic mass is 79.9. The van der Waals surface area contributed by atoms with E-state index in [1.807, 2.05) is 19.9 Å². The molecule has 20 heavy (non-hydrogen) atoms. The molecule has 1 aromatic heterocycles. The summed E-state index contributed by atoms with van der Waals surface area (Å²) in [6.45, 7) is 6.18. The van der Waals surface area contributed by atoms with Crippen molar-refractivity contribution in [3.63, 3.8) is 0 Å². The normalized spacial score (nSPS) is 12.7. The van der Waals surface area contributed by atoms with Crippen molar-refractivity contribution in [2.45, 2.75) is 26.8 Å². The summed E-state index contributed by atoms with van der Waals surface area (Å²) < 4.78 is 29.0. The predicted octanol–water partition coefficient (Wildman–Crippen LogP) is 5.10. The quantitative estimate of drug-likeness (QED) is 0.800. The van der Waals surface area contributed by atoms with Crippen LogP contribution in [0.25, 0.3) is 0 Å². The van der Waals surface area contributed by atoms with E-state index < -0.39 is 0 Å². The Morgan fingerprint density at radius 2 is 1.85 bits per heavy atom. The fourth-order valence-corrected chi connectivity index (χ4v) is 3.74. The van der Waals surface area contributed by atoms with E-state index in [2.05, 4.69) is 21.2 Å².